The van der Waals surface area contributed by atoms with Gasteiger partial charge in [-0.3, -0.25) is 0 Å². The Hall–Kier alpha value is -0.120. The second-order valence-corrected chi connectivity index (χ2v) is 6.27. The Morgan fingerprint density at radius 1 is 1.39 bits per heavy atom. The van der Waals surface area contributed by atoms with E-state index in [9.17, 15) is 0 Å². The van der Waals surface area contributed by atoms with E-state index in [0.29, 0.717) is 11.5 Å². The van der Waals surface area contributed by atoms with Gasteiger partial charge in [-0.25, -0.2) is 0 Å². The molecule has 3 heteroatoms. The quantitative estimate of drug-likeness (QED) is 0.814. The van der Waals surface area contributed by atoms with Crippen LogP contribution in [-0.4, -0.2) is 50.8 Å². The fourth-order valence-corrected chi connectivity index (χ4v) is 3.81. The first-order valence-electron chi connectivity index (χ1n) is 7.74. The summed E-state index contributed by atoms with van der Waals surface area (Å²) in [5.41, 5.74) is 0.530. The predicted octanol–water partition coefficient (Wildman–Crippen LogP) is 2.27. The van der Waals surface area contributed by atoms with E-state index in [0.717, 1.165) is 6.54 Å². The third-order valence-electron chi connectivity index (χ3n) is 4.70. The molecule has 2 atom stereocenters. The molecule has 0 spiro atoms. The minimum atomic E-state index is 0.467. The lowest BCUT2D eigenvalue weighted by Gasteiger charge is -2.43. The number of likely N-dealkylation sites (tertiary alicyclic amines) is 1. The number of nitrogens with one attached hydrogen (secondary N) is 1. The lowest BCUT2D eigenvalue weighted by Crippen LogP contribution is -2.50. The van der Waals surface area contributed by atoms with Crippen molar-refractivity contribution in [1.82, 2.24) is 10.2 Å². The highest BCUT2D eigenvalue weighted by atomic mass is 16.5. The molecule has 2 fully saturated rings. The average Bonchev–Trinajstić information content (AvgIpc) is 2.40. The summed E-state index contributed by atoms with van der Waals surface area (Å²) in [5, 5.41) is 3.62. The minimum absolute atomic E-state index is 0.467. The van der Waals surface area contributed by atoms with E-state index in [4.69, 9.17) is 4.74 Å². The SMILES string of the molecule is CCCC1(CN2CCCC(OC)C2)CCCNC1. The maximum atomic E-state index is 5.55. The molecule has 2 rings (SSSR count). The minimum Gasteiger partial charge on any atom is -0.380 e. The van der Waals surface area contributed by atoms with Gasteiger partial charge in [-0.05, 0) is 50.6 Å². The van der Waals surface area contributed by atoms with Crippen molar-refractivity contribution < 1.29 is 4.74 Å². The van der Waals surface area contributed by atoms with Crippen molar-refractivity contribution in [3.05, 3.63) is 0 Å². The summed E-state index contributed by atoms with van der Waals surface area (Å²) in [4.78, 5) is 2.65. The van der Waals surface area contributed by atoms with Crippen LogP contribution >= 0.6 is 0 Å². The number of piperidine rings is 2. The Labute approximate surface area is 112 Å². The summed E-state index contributed by atoms with van der Waals surface area (Å²) in [7, 11) is 1.86. The van der Waals surface area contributed by atoms with Crippen LogP contribution in [-0.2, 0) is 4.74 Å². The number of hydrogen-bond acceptors (Lipinski definition) is 3. The van der Waals surface area contributed by atoms with E-state index in [1.165, 1.54) is 64.7 Å². The highest BCUT2D eigenvalue weighted by molar-refractivity contribution is 4.89. The molecule has 2 aliphatic heterocycles. The van der Waals surface area contributed by atoms with Gasteiger partial charge in [0.1, 0.15) is 0 Å². The van der Waals surface area contributed by atoms with E-state index in [1.54, 1.807) is 0 Å². The largest absolute Gasteiger partial charge is 0.380 e. The molecule has 2 heterocycles. The van der Waals surface area contributed by atoms with E-state index in [1.807, 2.05) is 7.11 Å². The number of rotatable bonds is 5. The zero-order valence-electron chi connectivity index (χ0n) is 12.2. The predicted molar refractivity (Wildman–Crippen MR) is 75.9 cm³/mol. The van der Waals surface area contributed by atoms with Gasteiger partial charge in [0.25, 0.3) is 0 Å². The highest BCUT2D eigenvalue weighted by Gasteiger charge is 2.34. The van der Waals surface area contributed by atoms with Crippen LogP contribution < -0.4 is 5.32 Å². The molecule has 2 saturated heterocycles. The van der Waals surface area contributed by atoms with Gasteiger partial charge in [0.15, 0.2) is 0 Å². The number of nitrogens with zero attached hydrogens (tertiary/aromatic N) is 1. The number of hydrogen-bond donors (Lipinski definition) is 1. The maximum absolute atomic E-state index is 5.55. The van der Waals surface area contributed by atoms with Gasteiger partial charge in [0.05, 0.1) is 6.10 Å². The maximum Gasteiger partial charge on any atom is 0.0698 e. The van der Waals surface area contributed by atoms with E-state index < -0.39 is 0 Å². The Bertz CT molecular complexity index is 233. The lowest BCUT2D eigenvalue weighted by atomic mass is 9.76. The fraction of sp³-hybridized carbons (Fsp3) is 1.00. The van der Waals surface area contributed by atoms with Gasteiger partial charge in [0, 0.05) is 26.7 Å². The van der Waals surface area contributed by atoms with Crippen molar-refractivity contribution in [1.29, 1.82) is 0 Å². The molecule has 2 aliphatic rings. The first kappa shape index (κ1) is 14.3. The van der Waals surface area contributed by atoms with Gasteiger partial charge in [-0.15, -0.1) is 0 Å². The van der Waals surface area contributed by atoms with Gasteiger partial charge in [-0.2, -0.15) is 0 Å². The van der Waals surface area contributed by atoms with E-state index >= 15 is 0 Å². The summed E-state index contributed by atoms with van der Waals surface area (Å²) in [6.45, 7) is 8.44. The van der Waals surface area contributed by atoms with Crippen LogP contribution in [0.5, 0.6) is 0 Å². The molecule has 0 amide bonds. The molecule has 0 aromatic heterocycles. The first-order valence-corrected chi connectivity index (χ1v) is 7.74. The molecule has 0 aromatic carbocycles. The van der Waals surface area contributed by atoms with E-state index in [-0.39, 0.29) is 0 Å². The molecule has 0 saturated carbocycles. The molecule has 0 aliphatic carbocycles. The van der Waals surface area contributed by atoms with Crippen molar-refractivity contribution >= 4 is 0 Å². The van der Waals surface area contributed by atoms with Crippen LogP contribution in [0.1, 0.15) is 45.4 Å². The zero-order valence-corrected chi connectivity index (χ0v) is 12.2. The molecular weight excluding hydrogens is 224 g/mol. The summed E-state index contributed by atoms with van der Waals surface area (Å²) >= 11 is 0. The summed E-state index contributed by atoms with van der Waals surface area (Å²) < 4.78 is 5.55. The number of ether oxygens (including phenoxy) is 1. The molecular formula is C15H30N2O. The van der Waals surface area contributed by atoms with Crippen LogP contribution in [0.2, 0.25) is 0 Å². The Balaban J connectivity index is 1.91. The topological polar surface area (TPSA) is 24.5 Å². The third-order valence-corrected chi connectivity index (χ3v) is 4.70. The van der Waals surface area contributed by atoms with Crippen LogP contribution in [0.25, 0.3) is 0 Å². The van der Waals surface area contributed by atoms with Gasteiger partial charge in [0.2, 0.25) is 0 Å². The molecule has 1 N–H and O–H groups in total. The van der Waals surface area contributed by atoms with Gasteiger partial charge in [-0.1, -0.05) is 13.3 Å². The zero-order chi connectivity index (χ0) is 12.8. The molecule has 2 unspecified atom stereocenters. The van der Waals surface area contributed by atoms with Gasteiger partial charge < -0.3 is 15.0 Å². The molecule has 0 bridgehead atoms. The van der Waals surface area contributed by atoms with Gasteiger partial charge >= 0.3 is 0 Å². The third kappa shape index (κ3) is 3.69. The fourth-order valence-electron chi connectivity index (χ4n) is 3.81. The lowest BCUT2D eigenvalue weighted by molar-refractivity contribution is 0.00736. The van der Waals surface area contributed by atoms with Crippen molar-refractivity contribution in [3.8, 4) is 0 Å². The standard InChI is InChI=1S/C15H30N2O/c1-3-7-15(8-5-9-16-12-15)13-17-10-4-6-14(11-17)18-2/h14,16H,3-13H2,1-2H3. The summed E-state index contributed by atoms with van der Waals surface area (Å²) in [5.74, 6) is 0. The van der Waals surface area contributed by atoms with Crippen molar-refractivity contribution in [2.45, 2.75) is 51.6 Å². The summed E-state index contributed by atoms with van der Waals surface area (Å²) in [6.07, 6.45) is 8.44. The molecule has 0 aromatic rings. The van der Waals surface area contributed by atoms with Crippen LogP contribution in [0.3, 0.4) is 0 Å². The Morgan fingerprint density at radius 3 is 2.94 bits per heavy atom. The molecule has 0 radical (unpaired) electrons. The van der Waals surface area contributed by atoms with Crippen LogP contribution in [0.4, 0.5) is 0 Å². The van der Waals surface area contributed by atoms with E-state index in [2.05, 4.69) is 17.1 Å². The highest BCUT2D eigenvalue weighted by Crippen LogP contribution is 2.33. The normalized spacial score (nSPS) is 34.7. The monoisotopic (exact) mass is 254 g/mol. The van der Waals surface area contributed by atoms with Crippen LogP contribution in [0, 0.1) is 5.41 Å². The van der Waals surface area contributed by atoms with Crippen molar-refractivity contribution in [3.63, 3.8) is 0 Å². The molecule has 18 heavy (non-hydrogen) atoms. The molecule has 106 valence electrons. The Kier molecular flexibility index (Phi) is 5.46. The Morgan fingerprint density at radius 2 is 2.28 bits per heavy atom. The van der Waals surface area contributed by atoms with Crippen LogP contribution in [0.15, 0.2) is 0 Å². The van der Waals surface area contributed by atoms with Crippen molar-refractivity contribution in [2.24, 2.45) is 5.41 Å². The smallest absolute Gasteiger partial charge is 0.0698 e. The first-order chi connectivity index (χ1) is 8.78. The number of methoxy groups -OCH3 is 1. The van der Waals surface area contributed by atoms with Crippen molar-refractivity contribution in [2.75, 3.05) is 39.8 Å². The second-order valence-electron chi connectivity index (χ2n) is 6.27. The average molecular weight is 254 g/mol. The second kappa shape index (κ2) is 6.88. The summed E-state index contributed by atoms with van der Waals surface area (Å²) in [6, 6.07) is 0. The molecule has 3 nitrogen and oxygen atoms in total.